The van der Waals surface area contributed by atoms with Gasteiger partial charge in [-0.05, 0) is 11.1 Å². The maximum atomic E-state index is 14.1. The van der Waals surface area contributed by atoms with E-state index in [-0.39, 0.29) is 36.4 Å². The molecule has 0 aliphatic carbocycles. The molecule has 0 radical (unpaired) electrons. The van der Waals surface area contributed by atoms with Crippen LogP contribution in [0, 0.1) is 5.41 Å². The largest absolute Gasteiger partial charge is 0.410 e. The number of ether oxygens (including phenoxy) is 1. The van der Waals surface area contributed by atoms with Crippen LogP contribution in [0.2, 0.25) is 0 Å². The zero-order chi connectivity index (χ0) is 27.8. The average molecular weight is 555 g/mol. The Balaban J connectivity index is 1.64. The second kappa shape index (κ2) is 10.7. The second-order valence-electron chi connectivity index (χ2n) is 10.1. The molecule has 2 N–H and O–H groups in total. The van der Waals surface area contributed by atoms with Gasteiger partial charge in [0.1, 0.15) is 5.92 Å². The zero-order valence-electron chi connectivity index (χ0n) is 21.2. The molecule has 38 heavy (non-hydrogen) atoms. The number of carbonyl (C=O) groups excluding carboxylic acids is 3. The number of benzene rings is 1. The molecule has 2 aliphatic rings. The molecule has 1 aromatic carbocycles. The van der Waals surface area contributed by atoms with Gasteiger partial charge in [0.2, 0.25) is 5.91 Å². The molecule has 206 valence electrons. The molecule has 3 amide bonds. The number of imide groups is 1. The van der Waals surface area contributed by atoms with Gasteiger partial charge in [-0.1, -0.05) is 56.8 Å². The lowest BCUT2D eigenvalue weighted by Gasteiger charge is -2.46. The summed E-state index contributed by atoms with van der Waals surface area (Å²) in [7, 11) is 0. The summed E-state index contributed by atoms with van der Waals surface area (Å²) in [5.41, 5.74) is 6.52. The minimum absolute atomic E-state index is 0.0644. The summed E-state index contributed by atoms with van der Waals surface area (Å²) in [6, 6.07) is 3.95. The Kier molecular flexibility index (Phi) is 7.86. The number of thioether (sulfide) groups is 1. The van der Waals surface area contributed by atoms with Crippen molar-refractivity contribution in [1.29, 1.82) is 0 Å². The number of urea groups is 1. The van der Waals surface area contributed by atoms with E-state index < -0.39 is 47.2 Å². The lowest BCUT2D eigenvalue weighted by atomic mass is 9.86. The monoisotopic (exact) mass is 554 g/mol. The molecule has 14 heteroatoms. The van der Waals surface area contributed by atoms with Gasteiger partial charge in [-0.2, -0.15) is 17.9 Å². The fourth-order valence-electron chi connectivity index (χ4n) is 4.10. The molecule has 2 fully saturated rings. The molecule has 10 nitrogen and oxygen atoms in total. The number of aromatic nitrogens is 3. The summed E-state index contributed by atoms with van der Waals surface area (Å²) < 4.78 is 48.5. The summed E-state index contributed by atoms with van der Waals surface area (Å²) in [4.78, 5) is 44.5. The van der Waals surface area contributed by atoms with Gasteiger partial charge in [-0.15, -0.1) is 5.10 Å². The predicted molar refractivity (Wildman–Crippen MR) is 131 cm³/mol. The van der Waals surface area contributed by atoms with E-state index in [1.807, 2.05) is 24.3 Å². The van der Waals surface area contributed by atoms with Gasteiger partial charge in [0.05, 0.1) is 13.2 Å². The third-order valence-electron chi connectivity index (χ3n) is 6.25. The van der Waals surface area contributed by atoms with Crippen molar-refractivity contribution in [2.24, 2.45) is 11.1 Å². The zero-order valence-corrected chi connectivity index (χ0v) is 22.0. The number of alkyl halides is 3. The van der Waals surface area contributed by atoms with E-state index in [4.69, 9.17) is 10.5 Å². The maximum Gasteiger partial charge on any atom is 0.410 e. The van der Waals surface area contributed by atoms with E-state index in [2.05, 4.69) is 10.1 Å². The number of nitrogens with two attached hydrogens (primary N) is 1. The number of hydrogen-bond acceptors (Lipinski definition) is 8. The van der Waals surface area contributed by atoms with Crippen molar-refractivity contribution < 1.29 is 32.3 Å². The fraction of sp³-hybridized carbons (Fsp3) is 0.542. The van der Waals surface area contributed by atoms with Crippen molar-refractivity contribution in [3.63, 3.8) is 0 Å². The highest BCUT2D eigenvalue weighted by Crippen LogP contribution is 2.45. The van der Waals surface area contributed by atoms with Crippen molar-refractivity contribution in [3.8, 4) is 0 Å². The Labute approximate surface area is 221 Å². The molecule has 0 spiro atoms. The van der Waals surface area contributed by atoms with Gasteiger partial charge in [0, 0.05) is 30.8 Å². The highest BCUT2D eigenvalue weighted by molar-refractivity contribution is 7.98. The van der Waals surface area contributed by atoms with Gasteiger partial charge in [-0.25, -0.2) is 14.7 Å². The maximum absolute atomic E-state index is 14.1. The smallest absolute Gasteiger partial charge is 0.378 e. The van der Waals surface area contributed by atoms with Crippen LogP contribution >= 0.6 is 11.8 Å². The molecule has 2 aliphatic heterocycles. The number of β-lactam (4-membered cyclic amide) rings is 1. The average Bonchev–Trinajstić information content (AvgIpc) is 3.28. The molecule has 3 heterocycles. The van der Waals surface area contributed by atoms with Gasteiger partial charge < -0.3 is 15.4 Å². The van der Waals surface area contributed by atoms with E-state index in [0.717, 1.165) is 32.5 Å². The highest BCUT2D eigenvalue weighted by Gasteiger charge is 2.65. The van der Waals surface area contributed by atoms with Gasteiger partial charge in [-0.3, -0.25) is 9.59 Å². The first-order valence-electron chi connectivity index (χ1n) is 12.0. The van der Waals surface area contributed by atoms with Crippen LogP contribution in [-0.4, -0.2) is 80.9 Å². The van der Waals surface area contributed by atoms with Crippen molar-refractivity contribution >= 4 is 29.6 Å². The van der Waals surface area contributed by atoms with Crippen LogP contribution in [0.4, 0.5) is 18.0 Å². The van der Waals surface area contributed by atoms with E-state index >= 15 is 0 Å². The summed E-state index contributed by atoms with van der Waals surface area (Å²) in [6.45, 7) is 5.82. The standard InChI is InChI=1S/C24H29F3N6O4S/c1-23(2,3)20(35)33-21(38-13-15-6-4-14(12-28)5-7-15)29-18(30-33)16-17(24(25,26)27)32(19(16)34)22(36)31-8-10-37-11-9-31/h4-7,16-17H,8-13,28H2,1-3H3. The predicted octanol–water partition coefficient (Wildman–Crippen LogP) is 3.02. The topological polar surface area (TPSA) is 124 Å². The summed E-state index contributed by atoms with van der Waals surface area (Å²) in [5.74, 6) is -3.48. The molecule has 4 rings (SSSR count). The number of rotatable bonds is 5. The van der Waals surface area contributed by atoms with Crippen LogP contribution in [0.25, 0.3) is 0 Å². The molecular formula is C24H29F3N6O4S. The van der Waals surface area contributed by atoms with Crippen LogP contribution in [0.5, 0.6) is 0 Å². The van der Waals surface area contributed by atoms with Crippen molar-refractivity contribution in [2.75, 3.05) is 26.3 Å². The van der Waals surface area contributed by atoms with Gasteiger partial charge in [0.25, 0.3) is 5.91 Å². The van der Waals surface area contributed by atoms with E-state index in [1.54, 1.807) is 20.8 Å². The number of halogens is 3. The van der Waals surface area contributed by atoms with Crippen molar-refractivity contribution in [3.05, 3.63) is 41.2 Å². The number of nitrogens with zero attached hydrogens (tertiary/aromatic N) is 5. The first-order valence-corrected chi connectivity index (χ1v) is 13.0. The lowest BCUT2D eigenvalue weighted by molar-refractivity contribution is -0.213. The van der Waals surface area contributed by atoms with E-state index in [1.165, 1.54) is 0 Å². The molecule has 2 unspecified atom stereocenters. The molecule has 2 aromatic rings. The molecule has 1 aromatic heterocycles. The van der Waals surface area contributed by atoms with Crippen LogP contribution in [-0.2, 0) is 21.8 Å². The summed E-state index contributed by atoms with van der Waals surface area (Å²) in [5, 5.41) is 4.15. The molecule has 0 bridgehead atoms. The van der Waals surface area contributed by atoms with Crippen LogP contribution in [0.15, 0.2) is 29.4 Å². The summed E-state index contributed by atoms with van der Waals surface area (Å²) >= 11 is 1.11. The van der Waals surface area contributed by atoms with E-state index in [0.29, 0.717) is 12.3 Å². The first kappa shape index (κ1) is 28.0. The minimum atomic E-state index is -4.92. The second-order valence-corrected chi connectivity index (χ2v) is 11.0. The highest BCUT2D eigenvalue weighted by atomic mass is 32.2. The minimum Gasteiger partial charge on any atom is -0.378 e. The molecule has 0 saturated carbocycles. The van der Waals surface area contributed by atoms with Crippen LogP contribution in [0.3, 0.4) is 0 Å². The Hall–Kier alpha value is -2.97. The molecule has 2 saturated heterocycles. The number of morpholine rings is 1. The Morgan fingerprint density at radius 3 is 2.26 bits per heavy atom. The van der Waals surface area contributed by atoms with E-state index in [9.17, 15) is 27.6 Å². The number of likely N-dealkylation sites (tertiary alicyclic amines) is 1. The third kappa shape index (κ3) is 5.57. The van der Waals surface area contributed by atoms with Crippen molar-refractivity contribution in [1.82, 2.24) is 24.6 Å². The lowest BCUT2D eigenvalue weighted by Crippen LogP contribution is -2.70. The normalized spacial score (nSPS) is 20.4. The Morgan fingerprint density at radius 1 is 1.11 bits per heavy atom. The molecular weight excluding hydrogens is 525 g/mol. The fourth-order valence-corrected chi connectivity index (χ4v) is 5.00. The van der Waals surface area contributed by atoms with Gasteiger partial charge in [0.15, 0.2) is 17.0 Å². The third-order valence-corrected chi connectivity index (χ3v) is 7.25. The first-order chi connectivity index (χ1) is 17.8. The molecule has 2 atom stereocenters. The Bertz CT molecular complexity index is 1210. The Morgan fingerprint density at radius 2 is 1.71 bits per heavy atom. The van der Waals surface area contributed by atoms with Crippen LogP contribution < -0.4 is 5.73 Å². The summed E-state index contributed by atoms with van der Waals surface area (Å²) in [6.07, 6.45) is -4.92. The van der Waals surface area contributed by atoms with Gasteiger partial charge >= 0.3 is 12.2 Å². The SMILES string of the molecule is CC(C)(C)C(=O)n1nc(C2C(=O)N(C(=O)N3CCOCC3)C2C(F)(F)F)nc1SCc1ccc(CN)cc1. The van der Waals surface area contributed by atoms with Crippen LogP contribution in [0.1, 0.15) is 48.4 Å². The number of hydrogen-bond donors (Lipinski definition) is 1. The number of carbonyl (C=O) groups is 3. The quantitative estimate of drug-likeness (QED) is 0.442. The van der Waals surface area contributed by atoms with Crippen molar-refractivity contribution in [2.45, 2.75) is 56.4 Å². The number of amides is 3.